The van der Waals surface area contributed by atoms with Crippen LogP contribution >= 0.6 is 0 Å². The fourth-order valence-corrected chi connectivity index (χ4v) is 2.86. The molecule has 28 heavy (non-hydrogen) atoms. The monoisotopic (exact) mass is 400 g/mol. The predicted molar refractivity (Wildman–Crippen MR) is 93.6 cm³/mol. The van der Waals surface area contributed by atoms with Crippen LogP contribution in [0.2, 0.25) is 0 Å². The highest BCUT2D eigenvalue weighted by molar-refractivity contribution is 5.88. The number of aromatic carboxylic acids is 1. The van der Waals surface area contributed by atoms with Gasteiger partial charge in [0.1, 0.15) is 29.8 Å². The first kappa shape index (κ1) is 21.9. The highest BCUT2D eigenvalue weighted by Gasteiger charge is 2.41. The molecule has 1 saturated heterocycles. The summed E-state index contributed by atoms with van der Waals surface area (Å²) in [5.74, 6) is -2.18. The fraction of sp³-hybridized carbons (Fsp3) is 0.556. The van der Waals surface area contributed by atoms with Crippen LogP contribution in [-0.2, 0) is 9.53 Å². The highest BCUT2D eigenvalue weighted by Crippen LogP contribution is 2.25. The summed E-state index contributed by atoms with van der Waals surface area (Å²) in [5.41, 5.74) is -0.116. The Labute approximate surface area is 160 Å². The molecule has 156 valence electrons. The van der Waals surface area contributed by atoms with E-state index in [0.29, 0.717) is 12.8 Å². The number of rotatable bonds is 9. The van der Waals surface area contributed by atoms with E-state index < -0.39 is 49.1 Å². The van der Waals surface area contributed by atoms with Gasteiger partial charge in [-0.25, -0.2) is 9.59 Å². The third-order valence-corrected chi connectivity index (χ3v) is 4.34. The van der Waals surface area contributed by atoms with Gasteiger partial charge < -0.3 is 39.7 Å². The molecule has 0 bridgehead atoms. The van der Waals surface area contributed by atoms with Crippen molar-refractivity contribution < 1.29 is 49.3 Å². The van der Waals surface area contributed by atoms with Gasteiger partial charge in [0.15, 0.2) is 6.61 Å². The van der Waals surface area contributed by atoms with Crippen LogP contribution in [0.15, 0.2) is 18.2 Å². The molecule has 10 heteroatoms. The van der Waals surface area contributed by atoms with E-state index in [1.165, 1.54) is 18.2 Å². The minimum Gasteiger partial charge on any atom is -0.493 e. The van der Waals surface area contributed by atoms with Crippen molar-refractivity contribution in [1.82, 2.24) is 0 Å². The second-order valence-electron chi connectivity index (χ2n) is 6.52. The van der Waals surface area contributed by atoms with Gasteiger partial charge in [-0.2, -0.15) is 0 Å². The maximum Gasteiger partial charge on any atom is 0.341 e. The van der Waals surface area contributed by atoms with Crippen LogP contribution in [0.5, 0.6) is 11.5 Å². The zero-order valence-electron chi connectivity index (χ0n) is 15.2. The topological polar surface area (TPSA) is 163 Å². The Bertz CT molecular complexity index is 691. The van der Waals surface area contributed by atoms with Crippen molar-refractivity contribution in [2.75, 3.05) is 13.2 Å². The summed E-state index contributed by atoms with van der Waals surface area (Å²) >= 11 is 0. The van der Waals surface area contributed by atoms with E-state index >= 15 is 0 Å². The van der Waals surface area contributed by atoms with Crippen LogP contribution in [0.1, 0.15) is 30.1 Å². The summed E-state index contributed by atoms with van der Waals surface area (Å²) in [6, 6.07) is 3.85. The van der Waals surface area contributed by atoms with Gasteiger partial charge in [-0.3, -0.25) is 0 Å². The molecule has 0 aromatic heterocycles. The van der Waals surface area contributed by atoms with E-state index in [1.807, 2.05) is 0 Å². The second kappa shape index (κ2) is 9.69. The van der Waals surface area contributed by atoms with Crippen molar-refractivity contribution >= 4 is 11.9 Å². The van der Waals surface area contributed by atoms with Crippen molar-refractivity contribution in [3.8, 4) is 11.5 Å². The average molecular weight is 400 g/mol. The number of benzene rings is 1. The maximum absolute atomic E-state index is 11.2. The summed E-state index contributed by atoms with van der Waals surface area (Å²) < 4.78 is 16.0. The second-order valence-corrected chi connectivity index (χ2v) is 6.52. The molecule has 5 atom stereocenters. The third kappa shape index (κ3) is 5.80. The van der Waals surface area contributed by atoms with Crippen LogP contribution in [0.4, 0.5) is 0 Å². The van der Waals surface area contributed by atoms with Crippen LogP contribution < -0.4 is 9.47 Å². The first-order chi connectivity index (χ1) is 13.2. The quantitative estimate of drug-likeness (QED) is 0.353. The molecule has 0 radical (unpaired) electrons. The van der Waals surface area contributed by atoms with E-state index in [0.717, 1.165) is 0 Å². The maximum atomic E-state index is 11.2. The molecule has 0 aliphatic carbocycles. The fourth-order valence-electron chi connectivity index (χ4n) is 2.86. The molecule has 1 aliphatic rings. The molecule has 5 unspecified atom stereocenters. The number of hydrogen-bond acceptors (Lipinski definition) is 8. The molecular formula is C18H24O10. The molecule has 5 N–H and O–H groups in total. The van der Waals surface area contributed by atoms with E-state index in [1.54, 1.807) is 6.92 Å². The van der Waals surface area contributed by atoms with Crippen LogP contribution in [0.25, 0.3) is 0 Å². The molecule has 1 heterocycles. The summed E-state index contributed by atoms with van der Waals surface area (Å²) in [7, 11) is 0. The van der Waals surface area contributed by atoms with Crippen LogP contribution in [0, 0.1) is 0 Å². The lowest BCUT2D eigenvalue weighted by atomic mass is 9.93. The number of aliphatic hydroxyl groups excluding tert-OH is 3. The summed E-state index contributed by atoms with van der Waals surface area (Å²) in [5, 5.41) is 47.2. The summed E-state index contributed by atoms with van der Waals surface area (Å²) in [6.07, 6.45) is -4.21. The molecule has 0 saturated carbocycles. The normalized spacial score (nSPS) is 27.2. The number of carboxylic acids is 2. The first-order valence-electron chi connectivity index (χ1n) is 8.74. The zero-order chi connectivity index (χ0) is 20.8. The van der Waals surface area contributed by atoms with Gasteiger partial charge in [0.25, 0.3) is 0 Å². The Hall–Kier alpha value is -2.40. The Balaban J connectivity index is 1.91. The van der Waals surface area contributed by atoms with Gasteiger partial charge in [0, 0.05) is 6.07 Å². The number of carboxylic acid groups (broad SMARTS) is 2. The molecule has 10 nitrogen and oxygen atoms in total. The van der Waals surface area contributed by atoms with Gasteiger partial charge in [-0.15, -0.1) is 0 Å². The number of carbonyl (C=O) groups is 2. The molecule has 1 fully saturated rings. The van der Waals surface area contributed by atoms with Crippen LogP contribution in [0.3, 0.4) is 0 Å². The van der Waals surface area contributed by atoms with E-state index in [2.05, 4.69) is 0 Å². The number of hydrogen-bond donors (Lipinski definition) is 5. The first-order valence-corrected chi connectivity index (χ1v) is 8.74. The lowest BCUT2D eigenvalue weighted by Gasteiger charge is -2.39. The Morgan fingerprint density at radius 3 is 2.25 bits per heavy atom. The van der Waals surface area contributed by atoms with Gasteiger partial charge in [0.05, 0.1) is 24.4 Å². The number of aliphatic hydroxyl groups is 3. The van der Waals surface area contributed by atoms with Crippen LogP contribution in [-0.4, -0.2) is 81.2 Å². The van der Waals surface area contributed by atoms with E-state index in [4.69, 9.17) is 24.4 Å². The predicted octanol–water partition coefficient (Wildman–Crippen LogP) is -0.123. The summed E-state index contributed by atoms with van der Waals surface area (Å²) in [6.45, 7) is 1.13. The Kier molecular flexibility index (Phi) is 7.58. The molecule has 0 spiro atoms. The van der Waals surface area contributed by atoms with Crippen molar-refractivity contribution in [1.29, 1.82) is 0 Å². The number of ether oxygens (including phenoxy) is 3. The minimum atomic E-state index is -1.30. The number of aliphatic carboxylic acids is 1. The largest absolute Gasteiger partial charge is 0.493 e. The van der Waals surface area contributed by atoms with Gasteiger partial charge >= 0.3 is 11.9 Å². The third-order valence-electron chi connectivity index (χ3n) is 4.34. The molecular weight excluding hydrogens is 376 g/mol. The summed E-state index contributed by atoms with van der Waals surface area (Å²) in [4.78, 5) is 21.8. The average Bonchev–Trinajstić information content (AvgIpc) is 2.65. The molecule has 2 rings (SSSR count). The molecule has 1 aliphatic heterocycles. The van der Waals surface area contributed by atoms with Crippen molar-refractivity contribution in [2.45, 2.75) is 50.3 Å². The standard InChI is InChI=1S/C18H24O10/c1-9-15(21)17(23)16(22)13(28-9)3-2-4-26-11-5-10(18(24)25)6-12(7-11)27-8-14(19)20/h5-7,9,13,15-17,21-23H,2-4,8H2,1H3,(H,19,20)(H,24,25). The Morgan fingerprint density at radius 1 is 1.00 bits per heavy atom. The van der Waals surface area contributed by atoms with Crippen molar-refractivity contribution in [3.05, 3.63) is 23.8 Å². The molecule has 1 aromatic carbocycles. The van der Waals surface area contributed by atoms with Crippen molar-refractivity contribution in [2.24, 2.45) is 0 Å². The zero-order valence-corrected chi connectivity index (χ0v) is 15.2. The molecule has 1 aromatic rings. The van der Waals surface area contributed by atoms with E-state index in [-0.39, 0.29) is 23.7 Å². The SMILES string of the molecule is CC1OC(CCCOc2cc(OCC(=O)O)cc(C(=O)O)c2)C(O)C(O)C1O. The van der Waals surface area contributed by atoms with Gasteiger partial charge in [-0.1, -0.05) is 0 Å². The lowest BCUT2D eigenvalue weighted by molar-refractivity contribution is -0.218. The lowest BCUT2D eigenvalue weighted by Crippen LogP contribution is -2.56. The van der Waals surface area contributed by atoms with Crippen molar-refractivity contribution in [3.63, 3.8) is 0 Å². The Morgan fingerprint density at radius 2 is 1.64 bits per heavy atom. The minimum absolute atomic E-state index is 0.0503. The van der Waals surface area contributed by atoms with Gasteiger partial charge in [0.2, 0.25) is 0 Å². The molecule has 0 amide bonds. The van der Waals surface area contributed by atoms with Gasteiger partial charge in [-0.05, 0) is 31.9 Å². The highest BCUT2D eigenvalue weighted by atomic mass is 16.5. The van der Waals surface area contributed by atoms with E-state index in [9.17, 15) is 24.9 Å². The smallest absolute Gasteiger partial charge is 0.341 e.